The van der Waals surface area contributed by atoms with E-state index in [1.165, 1.54) is 10.6 Å². The molecule has 0 aromatic carbocycles. The van der Waals surface area contributed by atoms with Gasteiger partial charge in [-0.25, -0.2) is 9.50 Å². The molecule has 1 aliphatic rings. The van der Waals surface area contributed by atoms with Crippen LogP contribution in [0.25, 0.3) is 5.65 Å². The predicted octanol–water partition coefficient (Wildman–Crippen LogP) is 1.35. The first kappa shape index (κ1) is 15.6. The number of carbonyl (C=O) groups excluding carboxylic acids is 1. The maximum atomic E-state index is 13.0. The number of carbonyl (C=O) groups is 1. The number of nitrogens with zero attached hydrogens (tertiary/aromatic N) is 5. The third kappa shape index (κ3) is 2.45. The van der Waals surface area contributed by atoms with Gasteiger partial charge in [0.2, 0.25) is 0 Å². The molecule has 1 fully saturated rings. The van der Waals surface area contributed by atoms with Crippen molar-refractivity contribution in [3.63, 3.8) is 0 Å². The summed E-state index contributed by atoms with van der Waals surface area (Å²) in [6.07, 6.45) is 3.39. The lowest BCUT2D eigenvalue weighted by molar-refractivity contribution is 0.0732. The van der Waals surface area contributed by atoms with Crippen LogP contribution in [0.5, 0.6) is 0 Å². The van der Waals surface area contributed by atoms with Crippen molar-refractivity contribution in [3.8, 4) is 0 Å². The van der Waals surface area contributed by atoms with E-state index in [9.17, 15) is 9.59 Å². The smallest absolute Gasteiger partial charge is 0.272 e. The number of aromatic nitrogens is 5. The highest BCUT2D eigenvalue weighted by molar-refractivity contribution is 5.95. The van der Waals surface area contributed by atoms with Crippen molar-refractivity contribution in [2.75, 3.05) is 6.54 Å². The van der Waals surface area contributed by atoms with Crippen LogP contribution in [0.4, 0.5) is 0 Å². The minimum atomic E-state index is -0.146. The van der Waals surface area contributed by atoms with Crippen molar-refractivity contribution in [2.24, 2.45) is 7.05 Å². The van der Waals surface area contributed by atoms with Gasteiger partial charge in [-0.3, -0.25) is 19.4 Å². The molecule has 1 unspecified atom stereocenters. The number of nitrogens with one attached hydrogen (secondary N) is 1. The molecule has 3 aromatic heterocycles. The molecule has 1 aliphatic heterocycles. The quantitative estimate of drug-likeness (QED) is 0.763. The van der Waals surface area contributed by atoms with Crippen LogP contribution in [0.3, 0.4) is 0 Å². The van der Waals surface area contributed by atoms with Gasteiger partial charge in [0.25, 0.3) is 11.5 Å². The van der Waals surface area contributed by atoms with Gasteiger partial charge in [0.15, 0.2) is 5.65 Å². The zero-order valence-electron chi connectivity index (χ0n) is 14.5. The van der Waals surface area contributed by atoms with E-state index in [0.29, 0.717) is 23.4 Å². The van der Waals surface area contributed by atoms with Crippen LogP contribution in [-0.2, 0) is 7.05 Å². The Labute approximate surface area is 144 Å². The summed E-state index contributed by atoms with van der Waals surface area (Å²) in [7, 11) is 1.83. The van der Waals surface area contributed by atoms with Gasteiger partial charge in [0, 0.05) is 37.1 Å². The largest absolute Gasteiger partial charge is 0.330 e. The van der Waals surface area contributed by atoms with Gasteiger partial charge in [-0.05, 0) is 26.7 Å². The van der Waals surface area contributed by atoms with Gasteiger partial charge < -0.3 is 4.90 Å². The Balaban J connectivity index is 1.72. The average molecular weight is 340 g/mol. The molecule has 0 spiro atoms. The van der Waals surface area contributed by atoms with Gasteiger partial charge in [0.1, 0.15) is 0 Å². The molecule has 0 radical (unpaired) electrons. The molecule has 0 aliphatic carbocycles. The Morgan fingerprint density at radius 1 is 1.32 bits per heavy atom. The lowest BCUT2D eigenvalue weighted by Gasteiger charge is -2.23. The maximum Gasteiger partial charge on any atom is 0.272 e. The van der Waals surface area contributed by atoms with Crippen LogP contribution >= 0.6 is 0 Å². The van der Waals surface area contributed by atoms with Crippen LogP contribution in [0.1, 0.15) is 46.3 Å². The molecule has 1 atom stereocenters. The first-order valence-electron chi connectivity index (χ1n) is 8.34. The summed E-state index contributed by atoms with van der Waals surface area (Å²) >= 11 is 0. The number of rotatable bonds is 2. The maximum absolute atomic E-state index is 13.0. The Kier molecular flexibility index (Phi) is 3.48. The van der Waals surface area contributed by atoms with Crippen molar-refractivity contribution >= 4 is 11.6 Å². The average Bonchev–Trinajstić information content (AvgIpc) is 3.26. The van der Waals surface area contributed by atoms with Gasteiger partial charge in [0.05, 0.1) is 23.5 Å². The second-order valence-electron chi connectivity index (χ2n) is 6.56. The van der Waals surface area contributed by atoms with Crippen molar-refractivity contribution in [2.45, 2.75) is 32.7 Å². The zero-order chi connectivity index (χ0) is 17.7. The van der Waals surface area contributed by atoms with Gasteiger partial charge in [-0.2, -0.15) is 5.10 Å². The fourth-order valence-electron chi connectivity index (χ4n) is 3.50. The predicted molar refractivity (Wildman–Crippen MR) is 91.5 cm³/mol. The molecule has 0 bridgehead atoms. The minimum absolute atomic E-state index is 0.0248. The SMILES string of the molecule is Cc1cc(=O)n2[nH]c(C3CCCN3C(=O)c3cnn(C)c3C)cc2n1. The van der Waals surface area contributed by atoms with E-state index in [1.54, 1.807) is 17.8 Å². The second kappa shape index (κ2) is 5.58. The lowest BCUT2D eigenvalue weighted by atomic mass is 10.1. The van der Waals surface area contributed by atoms with E-state index < -0.39 is 0 Å². The fourth-order valence-corrected chi connectivity index (χ4v) is 3.50. The van der Waals surface area contributed by atoms with Crippen LogP contribution < -0.4 is 5.56 Å². The highest BCUT2D eigenvalue weighted by atomic mass is 16.2. The first-order chi connectivity index (χ1) is 12.0. The van der Waals surface area contributed by atoms with E-state index in [4.69, 9.17) is 0 Å². The Hall–Kier alpha value is -2.90. The number of amides is 1. The lowest BCUT2D eigenvalue weighted by Crippen LogP contribution is -2.31. The van der Waals surface area contributed by atoms with Crippen molar-refractivity contribution in [1.82, 2.24) is 29.3 Å². The third-order valence-corrected chi connectivity index (χ3v) is 4.94. The van der Waals surface area contributed by atoms with E-state index in [0.717, 1.165) is 24.2 Å². The minimum Gasteiger partial charge on any atom is -0.330 e. The first-order valence-corrected chi connectivity index (χ1v) is 8.34. The topological polar surface area (TPSA) is 88.3 Å². The van der Waals surface area contributed by atoms with Crippen LogP contribution in [0.2, 0.25) is 0 Å². The number of H-pyrrole nitrogens is 1. The standard InChI is InChI=1S/C17H20N6O2/c1-10-7-16(24)23-15(19-10)8-13(20-23)14-5-4-6-22(14)17(25)12-9-18-21(3)11(12)2/h7-9,14,20H,4-6H2,1-3H3. The normalized spacial score (nSPS) is 17.6. The molecule has 1 amide bonds. The molecule has 1 saturated heterocycles. The Morgan fingerprint density at radius 2 is 2.12 bits per heavy atom. The summed E-state index contributed by atoms with van der Waals surface area (Å²) in [4.78, 5) is 31.3. The highest BCUT2D eigenvalue weighted by Crippen LogP contribution is 2.33. The molecule has 4 rings (SSSR count). The number of aromatic amines is 1. The molecule has 3 aromatic rings. The summed E-state index contributed by atoms with van der Waals surface area (Å²) in [5.41, 5.74) is 3.42. The molecule has 0 saturated carbocycles. The van der Waals surface area contributed by atoms with E-state index in [-0.39, 0.29) is 17.5 Å². The van der Waals surface area contributed by atoms with Gasteiger partial charge in [-0.15, -0.1) is 0 Å². The molecule has 1 N–H and O–H groups in total. The van der Waals surface area contributed by atoms with Gasteiger partial charge >= 0.3 is 0 Å². The van der Waals surface area contributed by atoms with Crippen molar-refractivity contribution in [3.05, 3.63) is 51.3 Å². The van der Waals surface area contributed by atoms with Crippen LogP contribution in [0.15, 0.2) is 23.1 Å². The zero-order valence-corrected chi connectivity index (χ0v) is 14.5. The Morgan fingerprint density at radius 3 is 2.84 bits per heavy atom. The van der Waals surface area contributed by atoms with E-state index in [1.807, 2.05) is 24.9 Å². The molecular weight excluding hydrogens is 320 g/mol. The highest BCUT2D eigenvalue weighted by Gasteiger charge is 2.33. The van der Waals surface area contributed by atoms with E-state index in [2.05, 4.69) is 15.2 Å². The molecule has 130 valence electrons. The van der Waals surface area contributed by atoms with Crippen LogP contribution in [0, 0.1) is 13.8 Å². The summed E-state index contributed by atoms with van der Waals surface area (Å²) in [5.74, 6) is -0.0248. The summed E-state index contributed by atoms with van der Waals surface area (Å²) in [5, 5.41) is 7.28. The number of hydrogen-bond donors (Lipinski definition) is 1. The monoisotopic (exact) mass is 340 g/mol. The van der Waals surface area contributed by atoms with Crippen molar-refractivity contribution < 1.29 is 4.79 Å². The van der Waals surface area contributed by atoms with Crippen molar-refractivity contribution in [1.29, 1.82) is 0 Å². The number of fused-ring (bicyclic) bond motifs is 1. The van der Waals surface area contributed by atoms with Crippen LogP contribution in [-0.4, -0.2) is 41.7 Å². The summed E-state index contributed by atoms with van der Waals surface area (Å²) in [6.45, 7) is 4.37. The molecule has 25 heavy (non-hydrogen) atoms. The molecular formula is C17H20N6O2. The third-order valence-electron chi connectivity index (χ3n) is 4.94. The summed E-state index contributed by atoms with van der Waals surface area (Å²) < 4.78 is 3.13. The molecule has 4 heterocycles. The number of hydrogen-bond acceptors (Lipinski definition) is 4. The summed E-state index contributed by atoms with van der Waals surface area (Å²) in [6, 6.07) is 3.26. The second-order valence-corrected chi connectivity index (χ2v) is 6.56. The Bertz CT molecular complexity index is 1030. The molecule has 8 nitrogen and oxygen atoms in total. The number of aryl methyl sites for hydroxylation is 2. The number of likely N-dealkylation sites (tertiary alicyclic amines) is 1. The van der Waals surface area contributed by atoms with E-state index >= 15 is 0 Å². The van der Waals surface area contributed by atoms with Gasteiger partial charge in [-0.1, -0.05) is 0 Å². The molecule has 8 heteroatoms. The fraction of sp³-hybridized carbons (Fsp3) is 0.412.